The Balaban J connectivity index is 1.60. The molecule has 8 nitrogen and oxygen atoms in total. The van der Waals surface area contributed by atoms with Crippen LogP contribution in [0.5, 0.6) is 0 Å². The van der Waals surface area contributed by atoms with Crippen molar-refractivity contribution in [2.24, 2.45) is 0 Å². The van der Waals surface area contributed by atoms with Gasteiger partial charge in [-0.3, -0.25) is 14.9 Å². The molecule has 0 bridgehead atoms. The quantitative estimate of drug-likeness (QED) is 0.662. The molecule has 0 spiro atoms. The molecule has 0 unspecified atom stereocenters. The first-order chi connectivity index (χ1) is 12.1. The van der Waals surface area contributed by atoms with Crippen LogP contribution in [0.3, 0.4) is 0 Å². The summed E-state index contributed by atoms with van der Waals surface area (Å²) in [6, 6.07) is 10.0. The molecule has 0 radical (unpaired) electrons. The molecular weight excluding hydrogens is 324 g/mol. The number of benzene rings is 1. The van der Waals surface area contributed by atoms with Gasteiger partial charge in [0.05, 0.1) is 6.07 Å². The summed E-state index contributed by atoms with van der Waals surface area (Å²) in [5.74, 6) is -1.06. The number of hydrogen-bond acceptors (Lipinski definition) is 6. The zero-order chi connectivity index (χ0) is 17.8. The third kappa shape index (κ3) is 3.97. The number of furan rings is 1. The molecule has 1 aromatic heterocycles. The number of amides is 1. The van der Waals surface area contributed by atoms with E-state index in [1.807, 2.05) is 24.3 Å². The average Bonchev–Trinajstić information content (AvgIpc) is 3.13. The summed E-state index contributed by atoms with van der Waals surface area (Å²) >= 11 is 0. The molecule has 2 aromatic rings. The third-order valence-corrected chi connectivity index (χ3v) is 4.31. The van der Waals surface area contributed by atoms with Gasteiger partial charge in [0.1, 0.15) is 4.92 Å². The highest BCUT2D eigenvalue weighted by Gasteiger charge is 2.18. The number of likely N-dealkylation sites (N-methyl/N-ethyl adjacent to an activating group) is 1. The van der Waals surface area contributed by atoms with Crippen LogP contribution in [0.4, 0.5) is 17.3 Å². The first-order valence-electron chi connectivity index (χ1n) is 8.20. The van der Waals surface area contributed by atoms with E-state index in [1.165, 1.54) is 6.07 Å². The molecule has 1 aliphatic rings. The maximum absolute atomic E-state index is 12.1. The summed E-state index contributed by atoms with van der Waals surface area (Å²) in [6.07, 6.45) is 0. The van der Waals surface area contributed by atoms with E-state index in [9.17, 15) is 14.9 Å². The molecule has 25 heavy (non-hydrogen) atoms. The number of carbonyl (C=O) groups excluding carboxylic acids is 1. The van der Waals surface area contributed by atoms with Crippen molar-refractivity contribution in [3.05, 3.63) is 52.3 Å². The largest absolute Gasteiger partial charge is 0.433 e. The second-order valence-electron chi connectivity index (χ2n) is 5.82. The second-order valence-corrected chi connectivity index (χ2v) is 5.82. The van der Waals surface area contributed by atoms with E-state index < -0.39 is 16.7 Å². The molecule has 8 heteroatoms. The predicted molar refractivity (Wildman–Crippen MR) is 94.1 cm³/mol. The number of nitro groups is 1. The predicted octanol–water partition coefficient (Wildman–Crippen LogP) is 2.58. The van der Waals surface area contributed by atoms with Gasteiger partial charge in [0.2, 0.25) is 0 Å². The Morgan fingerprint density at radius 3 is 2.40 bits per heavy atom. The molecule has 132 valence electrons. The Labute approximate surface area is 145 Å². The topological polar surface area (TPSA) is 91.9 Å². The first kappa shape index (κ1) is 17.0. The molecule has 1 amide bonds. The lowest BCUT2D eigenvalue weighted by atomic mass is 10.2. The minimum Gasteiger partial charge on any atom is -0.395 e. The van der Waals surface area contributed by atoms with Crippen molar-refractivity contribution in [1.82, 2.24) is 4.90 Å². The van der Waals surface area contributed by atoms with Crippen LogP contribution in [-0.4, -0.2) is 48.5 Å². The van der Waals surface area contributed by atoms with E-state index in [-0.39, 0.29) is 5.76 Å². The normalized spacial score (nSPS) is 15.2. The minimum absolute atomic E-state index is 0.0912. The van der Waals surface area contributed by atoms with E-state index in [1.54, 1.807) is 0 Å². The molecule has 0 aliphatic carbocycles. The summed E-state index contributed by atoms with van der Waals surface area (Å²) in [5, 5.41) is 13.3. The van der Waals surface area contributed by atoms with E-state index >= 15 is 0 Å². The summed E-state index contributed by atoms with van der Waals surface area (Å²) in [6.45, 7) is 7.30. The Bertz CT molecular complexity index is 748. The molecule has 0 atom stereocenters. The third-order valence-electron chi connectivity index (χ3n) is 4.31. The van der Waals surface area contributed by atoms with E-state index in [0.29, 0.717) is 5.69 Å². The van der Waals surface area contributed by atoms with Gasteiger partial charge >= 0.3 is 5.88 Å². The highest BCUT2D eigenvalue weighted by atomic mass is 16.6. The number of nitrogens with one attached hydrogen (secondary N) is 1. The van der Waals surface area contributed by atoms with E-state index in [4.69, 9.17) is 4.42 Å². The standard InChI is InChI=1S/C17H20N4O4/c1-2-19-9-11-20(12-10-19)14-5-3-13(4-6-14)18-17(22)15-7-8-16(25-15)21(23)24/h3-8H,2,9-12H2,1H3,(H,18,22). The van der Waals surface area contributed by atoms with Crippen molar-refractivity contribution in [1.29, 1.82) is 0 Å². The van der Waals surface area contributed by atoms with Gasteiger partial charge in [-0.1, -0.05) is 6.92 Å². The number of rotatable bonds is 5. The van der Waals surface area contributed by atoms with Gasteiger partial charge in [-0.2, -0.15) is 0 Å². The molecule has 1 fully saturated rings. The van der Waals surface area contributed by atoms with Crippen LogP contribution in [0.2, 0.25) is 0 Å². The summed E-state index contributed by atoms with van der Waals surface area (Å²) in [5.41, 5.74) is 1.72. The van der Waals surface area contributed by atoms with Gasteiger partial charge in [0.25, 0.3) is 5.91 Å². The lowest BCUT2D eigenvalue weighted by molar-refractivity contribution is -0.402. The Morgan fingerprint density at radius 1 is 1.16 bits per heavy atom. The molecule has 1 saturated heterocycles. The van der Waals surface area contributed by atoms with Crippen molar-refractivity contribution >= 4 is 23.2 Å². The van der Waals surface area contributed by atoms with Gasteiger partial charge in [-0.25, -0.2) is 0 Å². The first-order valence-corrected chi connectivity index (χ1v) is 8.20. The molecular formula is C17H20N4O4. The maximum Gasteiger partial charge on any atom is 0.433 e. The van der Waals surface area contributed by atoms with E-state index in [0.717, 1.165) is 44.5 Å². The van der Waals surface area contributed by atoms with Crippen LogP contribution in [0.25, 0.3) is 0 Å². The number of hydrogen-bond donors (Lipinski definition) is 1. The maximum atomic E-state index is 12.1. The fourth-order valence-corrected chi connectivity index (χ4v) is 2.82. The van der Waals surface area contributed by atoms with Gasteiger partial charge in [-0.15, -0.1) is 0 Å². The van der Waals surface area contributed by atoms with Gasteiger partial charge in [-0.05, 0) is 36.9 Å². The van der Waals surface area contributed by atoms with Gasteiger partial charge in [0.15, 0.2) is 5.76 Å². The van der Waals surface area contributed by atoms with Crippen molar-refractivity contribution in [2.75, 3.05) is 42.9 Å². The molecule has 1 N–H and O–H groups in total. The molecule has 3 rings (SSSR count). The fraction of sp³-hybridized carbons (Fsp3) is 0.353. The Hall–Kier alpha value is -2.87. The highest BCUT2D eigenvalue weighted by molar-refractivity contribution is 6.02. The van der Waals surface area contributed by atoms with Crippen LogP contribution >= 0.6 is 0 Å². The van der Waals surface area contributed by atoms with Crippen molar-refractivity contribution in [3.8, 4) is 0 Å². The van der Waals surface area contributed by atoms with Crippen LogP contribution < -0.4 is 10.2 Å². The van der Waals surface area contributed by atoms with Crippen LogP contribution in [0.15, 0.2) is 40.8 Å². The average molecular weight is 344 g/mol. The Morgan fingerprint density at radius 2 is 1.84 bits per heavy atom. The van der Waals surface area contributed by atoms with Crippen LogP contribution in [0, 0.1) is 10.1 Å². The zero-order valence-corrected chi connectivity index (χ0v) is 14.0. The molecule has 1 aliphatic heterocycles. The van der Waals surface area contributed by atoms with Crippen molar-refractivity contribution in [3.63, 3.8) is 0 Å². The molecule has 1 aromatic carbocycles. The number of carbonyl (C=O) groups is 1. The second kappa shape index (κ2) is 7.35. The zero-order valence-electron chi connectivity index (χ0n) is 14.0. The summed E-state index contributed by atoms with van der Waals surface area (Å²) in [7, 11) is 0. The van der Waals surface area contributed by atoms with Crippen LogP contribution in [-0.2, 0) is 0 Å². The Kier molecular flexibility index (Phi) is 4.99. The summed E-state index contributed by atoms with van der Waals surface area (Å²) < 4.78 is 4.89. The lowest BCUT2D eigenvalue weighted by Gasteiger charge is -2.35. The lowest BCUT2D eigenvalue weighted by Crippen LogP contribution is -2.46. The number of nitrogens with zero attached hydrogens (tertiary/aromatic N) is 3. The molecule has 0 saturated carbocycles. The highest BCUT2D eigenvalue weighted by Crippen LogP contribution is 2.21. The van der Waals surface area contributed by atoms with Gasteiger partial charge in [0, 0.05) is 37.6 Å². The van der Waals surface area contributed by atoms with Gasteiger partial charge < -0.3 is 19.5 Å². The fourth-order valence-electron chi connectivity index (χ4n) is 2.82. The minimum atomic E-state index is -0.677. The van der Waals surface area contributed by atoms with Crippen LogP contribution in [0.1, 0.15) is 17.5 Å². The van der Waals surface area contributed by atoms with Crippen molar-refractivity contribution < 1.29 is 14.1 Å². The SMILES string of the molecule is CCN1CCN(c2ccc(NC(=O)c3ccc([N+](=O)[O-])o3)cc2)CC1. The smallest absolute Gasteiger partial charge is 0.395 e. The number of piperazine rings is 1. The number of anilines is 2. The van der Waals surface area contributed by atoms with E-state index in [2.05, 4.69) is 22.0 Å². The molecule has 2 heterocycles. The summed E-state index contributed by atoms with van der Waals surface area (Å²) in [4.78, 5) is 26.7. The monoisotopic (exact) mass is 344 g/mol. The van der Waals surface area contributed by atoms with Crippen molar-refractivity contribution in [2.45, 2.75) is 6.92 Å².